The van der Waals surface area contributed by atoms with E-state index < -0.39 is 59.6 Å². The Hall–Kier alpha value is -3.46. The minimum absolute atomic E-state index is 0.405. The third-order valence-electron chi connectivity index (χ3n) is 6.28. The van der Waals surface area contributed by atoms with E-state index in [9.17, 15) is 0 Å². The Kier molecular flexibility index (Phi) is 6.90. The van der Waals surface area contributed by atoms with E-state index in [0.717, 1.165) is 24.3 Å². The molecule has 0 aliphatic carbocycles. The Balaban J connectivity index is 1.86. The van der Waals surface area contributed by atoms with Gasteiger partial charge in [-0.05, 0) is 0 Å². The molecule has 5 aromatic rings. The van der Waals surface area contributed by atoms with Crippen LogP contribution in [-0.2, 0) is 0 Å². The fraction of sp³-hybridized carbons (Fsp3) is 0. The van der Waals surface area contributed by atoms with Gasteiger partial charge in [-0.25, -0.2) is 0 Å². The molecule has 192 valence electrons. The topological polar surface area (TPSA) is 0 Å². The Morgan fingerprint density at radius 2 is 0.737 bits per heavy atom. The summed E-state index contributed by atoms with van der Waals surface area (Å²) >= 11 is 0. The van der Waals surface area contributed by atoms with Crippen LogP contribution >= 0.6 is 15.1 Å². The molecule has 0 nitrogen and oxygen atoms in total. The van der Waals surface area contributed by atoms with Crippen molar-refractivity contribution < 1.29 is 26.0 Å². The van der Waals surface area contributed by atoms with Crippen molar-refractivity contribution in [3.63, 3.8) is 0 Å². The van der Waals surface area contributed by atoms with Crippen LogP contribution in [0.15, 0.2) is 121 Å². The van der Waals surface area contributed by atoms with Gasteiger partial charge in [-0.15, -0.1) is 0 Å². The van der Waals surface area contributed by atoms with Crippen molar-refractivity contribution in [3.05, 3.63) is 145 Å². The van der Waals surface area contributed by atoms with Gasteiger partial charge >= 0.3 is 218 Å². The SMILES string of the molecule is Fc1c(F)c(P(F)(F)(c2ccccc2)c2ccccc2)c(F)c(F)c1P(c1ccccc1)c1ccccc1. The fourth-order valence-corrected chi connectivity index (χ4v) is 9.93. The molecule has 0 saturated heterocycles. The summed E-state index contributed by atoms with van der Waals surface area (Å²) < 4.78 is 98.3. The van der Waals surface area contributed by atoms with Crippen LogP contribution in [0.5, 0.6) is 0 Å². The summed E-state index contributed by atoms with van der Waals surface area (Å²) in [6.45, 7) is 0. The normalized spacial score (nSPS) is 12.8. The summed E-state index contributed by atoms with van der Waals surface area (Å²) in [4.78, 5) is 0. The van der Waals surface area contributed by atoms with E-state index in [1.165, 1.54) is 36.4 Å². The average molecular weight is 556 g/mol. The van der Waals surface area contributed by atoms with Crippen LogP contribution in [-0.4, -0.2) is 0 Å². The first-order chi connectivity index (χ1) is 18.2. The zero-order valence-electron chi connectivity index (χ0n) is 19.7. The molecule has 0 aromatic heterocycles. The zero-order chi connectivity index (χ0) is 26.9. The third kappa shape index (κ3) is 4.13. The second kappa shape index (κ2) is 10.0. The first-order valence-corrected chi connectivity index (χ1v) is 14.9. The summed E-state index contributed by atoms with van der Waals surface area (Å²) in [6, 6.07) is 28.4. The first kappa shape index (κ1) is 26.2. The van der Waals surface area contributed by atoms with Gasteiger partial charge in [0, 0.05) is 0 Å². The van der Waals surface area contributed by atoms with Crippen LogP contribution in [0.2, 0.25) is 0 Å². The van der Waals surface area contributed by atoms with Crippen molar-refractivity contribution >= 4 is 47.0 Å². The number of hydrogen-bond donors (Lipinski definition) is 0. The van der Waals surface area contributed by atoms with E-state index >= 15 is 26.0 Å². The number of rotatable bonds is 6. The van der Waals surface area contributed by atoms with E-state index in [1.807, 2.05) is 0 Å². The summed E-state index contributed by atoms with van der Waals surface area (Å²) in [5.74, 6) is -7.83. The van der Waals surface area contributed by atoms with Gasteiger partial charge in [0.2, 0.25) is 0 Å². The molecule has 0 bridgehead atoms. The van der Waals surface area contributed by atoms with Crippen molar-refractivity contribution in [2.75, 3.05) is 0 Å². The number of benzene rings is 5. The number of hydrogen-bond acceptors (Lipinski definition) is 0. The quantitative estimate of drug-likeness (QED) is 0.126. The molecule has 0 radical (unpaired) electrons. The summed E-state index contributed by atoms with van der Waals surface area (Å²) in [7, 11) is -9.14. The average Bonchev–Trinajstić information content (AvgIpc) is 2.96. The molecule has 0 amide bonds. The Labute approximate surface area is 217 Å². The van der Waals surface area contributed by atoms with Gasteiger partial charge in [-0.2, -0.15) is 0 Å². The Bertz CT molecular complexity index is 1470. The van der Waals surface area contributed by atoms with Gasteiger partial charge in [0.05, 0.1) is 0 Å². The molecule has 0 fully saturated rings. The monoisotopic (exact) mass is 556 g/mol. The first-order valence-electron chi connectivity index (χ1n) is 11.6. The molecule has 0 spiro atoms. The van der Waals surface area contributed by atoms with Gasteiger partial charge in [0.1, 0.15) is 0 Å². The standard InChI is InChI=1S/C30H20F6P2/c31-25-27(33)30(38(35,36,23-17-9-3-10-18-23)24-19-11-4-12-20-24)28(34)26(32)29(25)37(21-13-5-1-6-14-21)22-15-7-2-8-16-22/h1-20H. The van der Waals surface area contributed by atoms with Crippen molar-refractivity contribution in [1.29, 1.82) is 0 Å². The van der Waals surface area contributed by atoms with Gasteiger partial charge in [0.25, 0.3) is 0 Å². The molecule has 8 heteroatoms. The molecule has 0 saturated carbocycles. The maximum absolute atomic E-state index is 17.2. The molecule has 0 aliphatic heterocycles. The molecule has 0 N–H and O–H groups in total. The molecule has 0 atom stereocenters. The van der Waals surface area contributed by atoms with Gasteiger partial charge in [-0.1, -0.05) is 0 Å². The molecule has 5 aromatic carbocycles. The molecular weight excluding hydrogens is 536 g/mol. The second-order valence-electron chi connectivity index (χ2n) is 8.54. The Morgan fingerprint density at radius 1 is 0.421 bits per heavy atom. The van der Waals surface area contributed by atoms with E-state index in [-0.39, 0.29) is 0 Å². The minimum atomic E-state index is -6.99. The van der Waals surface area contributed by atoms with Gasteiger partial charge < -0.3 is 0 Å². The van der Waals surface area contributed by atoms with Crippen LogP contribution < -0.4 is 31.8 Å². The number of halogens is 6. The van der Waals surface area contributed by atoms with Crippen LogP contribution in [0.3, 0.4) is 0 Å². The maximum atomic E-state index is 17.2. The molecule has 0 unspecified atom stereocenters. The zero-order valence-corrected chi connectivity index (χ0v) is 21.5. The molecule has 5 rings (SSSR count). The van der Waals surface area contributed by atoms with Gasteiger partial charge in [0.15, 0.2) is 0 Å². The van der Waals surface area contributed by atoms with Crippen molar-refractivity contribution in [2.24, 2.45) is 0 Å². The van der Waals surface area contributed by atoms with E-state index in [4.69, 9.17) is 0 Å². The van der Waals surface area contributed by atoms with Crippen molar-refractivity contribution in [3.8, 4) is 0 Å². The Morgan fingerprint density at radius 3 is 1.08 bits per heavy atom. The molecular formula is C30H20F6P2. The van der Waals surface area contributed by atoms with Crippen LogP contribution in [0, 0.1) is 23.3 Å². The van der Waals surface area contributed by atoms with Crippen LogP contribution in [0.25, 0.3) is 0 Å². The summed E-state index contributed by atoms with van der Waals surface area (Å²) in [6.07, 6.45) is 0. The van der Waals surface area contributed by atoms with Crippen LogP contribution in [0.1, 0.15) is 0 Å². The van der Waals surface area contributed by atoms with E-state index in [2.05, 4.69) is 0 Å². The molecule has 0 heterocycles. The second-order valence-corrected chi connectivity index (χ2v) is 14.0. The van der Waals surface area contributed by atoms with Gasteiger partial charge in [-0.3, -0.25) is 0 Å². The fourth-order valence-electron chi connectivity index (χ4n) is 4.50. The molecule has 38 heavy (non-hydrogen) atoms. The van der Waals surface area contributed by atoms with E-state index in [0.29, 0.717) is 10.6 Å². The van der Waals surface area contributed by atoms with Crippen LogP contribution in [0.4, 0.5) is 26.0 Å². The van der Waals surface area contributed by atoms with Crippen molar-refractivity contribution in [1.82, 2.24) is 0 Å². The van der Waals surface area contributed by atoms with E-state index in [1.54, 1.807) is 60.7 Å². The summed E-state index contributed by atoms with van der Waals surface area (Å²) in [5.41, 5.74) is 0. The molecule has 0 aliphatic rings. The summed E-state index contributed by atoms with van der Waals surface area (Å²) in [5, 5.41) is -3.38. The van der Waals surface area contributed by atoms with Crippen molar-refractivity contribution in [2.45, 2.75) is 0 Å². The third-order valence-corrected chi connectivity index (χ3v) is 12.3. The predicted molar refractivity (Wildman–Crippen MR) is 146 cm³/mol. The predicted octanol–water partition coefficient (Wildman–Crippen LogP) is 6.60.